The first-order valence-corrected chi connectivity index (χ1v) is 6.69. The fourth-order valence-corrected chi connectivity index (χ4v) is 2.01. The summed E-state index contributed by atoms with van der Waals surface area (Å²) in [5, 5.41) is 21.6. The zero-order valence-electron chi connectivity index (χ0n) is 9.77. The Hall–Kier alpha value is -1.36. The highest BCUT2D eigenvalue weighted by atomic mass is 32.2. The van der Waals surface area contributed by atoms with Crippen LogP contribution in [-0.4, -0.2) is 34.2 Å². The van der Waals surface area contributed by atoms with Crippen LogP contribution < -0.4 is 5.32 Å². The molecule has 1 rings (SSSR count). The molecular weight excluding hydrogens is 238 g/mol. The molecular formula is C12H17NO3S. The summed E-state index contributed by atoms with van der Waals surface area (Å²) in [4.78, 5) is 11.7. The minimum atomic E-state index is -0.443. The molecule has 0 fully saturated rings. The number of carbonyl (C=O) groups is 1. The van der Waals surface area contributed by atoms with Crippen molar-refractivity contribution < 1.29 is 15.0 Å². The predicted molar refractivity (Wildman–Crippen MR) is 69.7 cm³/mol. The van der Waals surface area contributed by atoms with Crippen LogP contribution in [0.25, 0.3) is 0 Å². The minimum absolute atomic E-state index is 0.0596. The lowest BCUT2D eigenvalue weighted by molar-refractivity contribution is 0.0948. The second-order valence-electron chi connectivity index (χ2n) is 3.48. The smallest absolute Gasteiger partial charge is 0.258 e. The lowest BCUT2D eigenvalue weighted by atomic mass is 10.1. The molecule has 0 saturated heterocycles. The van der Waals surface area contributed by atoms with E-state index in [0.29, 0.717) is 6.54 Å². The summed E-state index contributed by atoms with van der Waals surface area (Å²) >= 11 is 1.81. The Bertz CT molecular complexity index is 362. The van der Waals surface area contributed by atoms with Gasteiger partial charge in [-0.15, -0.1) is 0 Å². The predicted octanol–water partition coefficient (Wildman–Crippen LogP) is 1.97. The van der Waals surface area contributed by atoms with E-state index in [1.54, 1.807) is 0 Å². The van der Waals surface area contributed by atoms with Crippen LogP contribution in [0.3, 0.4) is 0 Å². The second-order valence-corrected chi connectivity index (χ2v) is 4.87. The lowest BCUT2D eigenvalue weighted by Gasteiger charge is -2.08. The van der Waals surface area contributed by atoms with Crippen molar-refractivity contribution in [2.24, 2.45) is 0 Å². The first kappa shape index (κ1) is 13.7. The first-order valence-electron chi connectivity index (χ1n) is 5.53. The molecule has 3 N–H and O–H groups in total. The molecule has 1 aromatic carbocycles. The Morgan fingerprint density at radius 2 is 2.00 bits per heavy atom. The average Bonchev–Trinajstić information content (AvgIpc) is 2.28. The number of phenols is 2. The van der Waals surface area contributed by atoms with Gasteiger partial charge in [-0.1, -0.05) is 13.0 Å². The number of benzene rings is 1. The Morgan fingerprint density at radius 1 is 1.35 bits per heavy atom. The van der Waals surface area contributed by atoms with Gasteiger partial charge in [0, 0.05) is 6.54 Å². The summed E-state index contributed by atoms with van der Waals surface area (Å²) < 4.78 is 0. The van der Waals surface area contributed by atoms with Crippen molar-refractivity contribution in [3.05, 3.63) is 23.8 Å². The molecule has 94 valence electrons. The van der Waals surface area contributed by atoms with Gasteiger partial charge in [-0.2, -0.15) is 11.8 Å². The molecule has 0 heterocycles. The van der Waals surface area contributed by atoms with E-state index in [0.717, 1.165) is 17.9 Å². The fraction of sp³-hybridized carbons (Fsp3) is 0.417. The average molecular weight is 255 g/mol. The summed E-state index contributed by atoms with van der Waals surface area (Å²) in [6.07, 6.45) is 0.874. The van der Waals surface area contributed by atoms with Crippen molar-refractivity contribution in [3.8, 4) is 11.5 Å². The van der Waals surface area contributed by atoms with Crippen LogP contribution in [0.4, 0.5) is 0 Å². The number of phenolic OH excluding ortho intramolecular Hbond substituents is 2. The van der Waals surface area contributed by atoms with Crippen LogP contribution >= 0.6 is 11.8 Å². The van der Waals surface area contributed by atoms with Crippen molar-refractivity contribution in [1.29, 1.82) is 0 Å². The summed E-state index contributed by atoms with van der Waals surface area (Å²) in [5.41, 5.74) is -0.0596. The third-order valence-electron chi connectivity index (χ3n) is 2.20. The molecule has 0 unspecified atom stereocenters. The standard InChI is InChI=1S/C12H17NO3S/c1-2-17-8-4-7-13-12(16)11-9(14)5-3-6-10(11)15/h3,5-6,14-15H,2,4,7-8H2,1H3,(H,13,16). The third-order valence-corrected chi connectivity index (χ3v) is 3.19. The number of hydrogen-bond donors (Lipinski definition) is 3. The van der Waals surface area contributed by atoms with Crippen molar-refractivity contribution in [2.75, 3.05) is 18.1 Å². The molecule has 17 heavy (non-hydrogen) atoms. The SMILES string of the molecule is CCSCCCNC(=O)c1c(O)cccc1O. The maximum atomic E-state index is 11.7. The Labute approximate surface area is 105 Å². The molecule has 0 aromatic heterocycles. The number of thioether (sulfide) groups is 1. The number of hydrogen-bond acceptors (Lipinski definition) is 4. The summed E-state index contributed by atoms with van der Waals surface area (Å²) in [6.45, 7) is 2.63. The van der Waals surface area contributed by atoms with Crippen LogP contribution in [0, 0.1) is 0 Å². The number of aromatic hydroxyl groups is 2. The van der Waals surface area contributed by atoms with Crippen LogP contribution in [-0.2, 0) is 0 Å². The Balaban J connectivity index is 2.47. The Morgan fingerprint density at radius 3 is 2.59 bits per heavy atom. The van der Waals surface area contributed by atoms with Crippen LogP contribution in [0.1, 0.15) is 23.7 Å². The van der Waals surface area contributed by atoms with Gasteiger partial charge in [0.25, 0.3) is 5.91 Å². The van der Waals surface area contributed by atoms with Crippen molar-refractivity contribution >= 4 is 17.7 Å². The summed E-state index contributed by atoms with van der Waals surface area (Å²) in [7, 11) is 0. The van der Waals surface area contributed by atoms with Crippen LogP contribution in [0.5, 0.6) is 11.5 Å². The monoisotopic (exact) mass is 255 g/mol. The van der Waals surface area contributed by atoms with Gasteiger partial charge >= 0.3 is 0 Å². The van der Waals surface area contributed by atoms with E-state index in [4.69, 9.17) is 0 Å². The summed E-state index contributed by atoms with van der Waals surface area (Å²) in [6, 6.07) is 4.24. The number of nitrogens with one attached hydrogen (secondary N) is 1. The molecule has 0 aliphatic heterocycles. The molecule has 0 spiro atoms. The molecule has 1 amide bonds. The normalized spacial score (nSPS) is 10.2. The molecule has 4 nitrogen and oxygen atoms in total. The number of carbonyl (C=O) groups excluding carboxylic acids is 1. The van der Waals surface area contributed by atoms with Gasteiger partial charge in [-0.3, -0.25) is 4.79 Å². The van der Waals surface area contributed by atoms with Gasteiger partial charge in [0.05, 0.1) is 0 Å². The molecule has 0 radical (unpaired) electrons. The Kier molecular flexibility index (Phi) is 5.69. The van der Waals surface area contributed by atoms with Crippen molar-refractivity contribution in [3.63, 3.8) is 0 Å². The number of amides is 1. The second kappa shape index (κ2) is 7.06. The van der Waals surface area contributed by atoms with Gasteiger partial charge in [0.2, 0.25) is 0 Å². The van der Waals surface area contributed by atoms with Crippen molar-refractivity contribution in [1.82, 2.24) is 5.32 Å². The fourth-order valence-electron chi connectivity index (χ4n) is 1.37. The highest BCUT2D eigenvalue weighted by molar-refractivity contribution is 7.99. The highest BCUT2D eigenvalue weighted by Crippen LogP contribution is 2.25. The highest BCUT2D eigenvalue weighted by Gasteiger charge is 2.14. The third kappa shape index (κ3) is 4.19. The van der Waals surface area contributed by atoms with Gasteiger partial charge in [-0.25, -0.2) is 0 Å². The van der Waals surface area contributed by atoms with Gasteiger partial charge in [-0.05, 0) is 30.1 Å². The van der Waals surface area contributed by atoms with Crippen molar-refractivity contribution in [2.45, 2.75) is 13.3 Å². The molecule has 5 heteroatoms. The molecule has 0 saturated carbocycles. The molecule has 0 bridgehead atoms. The van der Waals surface area contributed by atoms with E-state index < -0.39 is 5.91 Å². The van der Waals surface area contributed by atoms with Crippen LogP contribution in [0.15, 0.2) is 18.2 Å². The zero-order chi connectivity index (χ0) is 12.7. The maximum absolute atomic E-state index is 11.7. The number of rotatable bonds is 6. The first-order chi connectivity index (χ1) is 8.16. The van der Waals surface area contributed by atoms with E-state index in [-0.39, 0.29) is 17.1 Å². The topological polar surface area (TPSA) is 69.6 Å². The van der Waals surface area contributed by atoms with E-state index in [2.05, 4.69) is 12.2 Å². The van der Waals surface area contributed by atoms with Gasteiger partial charge < -0.3 is 15.5 Å². The largest absolute Gasteiger partial charge is 0.507 e. The van der Waals surface area contributed by atoms with E-state index >= 15 is 0 Å². The molecule has 0 aliphatic rings. The molecule has 1 aromatic rings. The van der Waals surface area contributed by atoms with E-state index in [1.165, 1.54) is 18.2 Å². The minimum Gasteiger partial charge on any atom is -0.507 e. The molecule has 0 atom stereocenters. The van der Waals surface area contributed by atoms with E-state index in [1.807, 2.05) is 11.8 Å². The van der Waals surface area contributed by atoms with Gasteiger partial charge in [0.15, 0.2) is 0 Å². The quantitative estimate of drug-likeness (QED) is 0.680. The van der Waals surface area contributed by atoms with Gasteiger partial charge in [0.1, 0.15) is 17.1 Å². The zero-order valence-corrected chi connectivity index (χ0v) is 10.6. The lowest BCUT2D eigenvalue weighted by Crippen LogP contribution is -2.25. The maximum Gasteiger partial charge on any atom is 0.258 e. The molecule has 0 aliphatic carbocycles. The summed E-state index contributed by atoms with van der Waals surface area (Å²) in [5.74, 6) is 1.20. The van der Waals surface area contributed by atoms with Crippen LogP contribution in [0.2, 0.25) is 0 Å². The van der Waals surface area contributed by atoms with E-state index in [9.17, 15) is 15.0 Å².